The zero-order chi connectivity index (χ0) is 12.3. The first kappa shape index (κ1) is 13.1. The number of carbonyl (C=O) groups excluding carboxylic acids is 1. The Bertz CT molecular complexity index is 256. The van der Waals surface area contributed by atoms with Crippen LogP contribution >= 0.6 is 0 Å². The summed E-state index contributed by atoms with van der Waals surface area (Å²) >= 11 is 0. The van der Waals surface area contributed by atoms with Crippen LogP contribution in [-0.2, 0) is 4.79 Å². The standard InChI is InChI=1S/C15H27NO/c1-13(2)14-6-9-16(10-14)11-15(12-17)7-4-3-5-8-15/h12-14H,3-11H2,1-2H3. The van der Waals surface area contributed by atoms with Crippen molar-refractivity contribution in [3.8, 4) is 0 Å². The van der Waals surface area contributed by atoms with Crippen molar-refractivity contribution in [2.45, 2.75) is 52.4 Å². The van der Waals surface area contributed by atoms with Gasteiger partial charge in [0.2, 0.25) is 0 Å². The number of carbonyl (C=O) groups is 1. The lowest BCUT2D eigenvalue weighted by atomic mass is 9.75. The molecular weight excluding hydrogens is 210 g/mol. The van der Waals surface area contributed by atoms with Gasteiger partial charge in [0.25, 0.3) is 0 Å². The first-order chi connectivity index (χ1) is 8.15. The Kier molecular flexibility index (Phi) is 4.24. The molecule has 0 spiro atoms. The van der Waals surface area contributed by atoms with Crippen LogP contribution in [0.15, 0.2) is 0 Å². The van der Waals surface area contributed by atoms with E-state index in [-0.39, 0.29) is 5.41 Å². The lowest BCUT2D eigenvalue weighted by Gasteiger charge is -2.35. The number of hydrogen-bond donors (Lipinski definition) is 0. The Morgan fingerprint density at radius 1 is 1.29 bits per heavy atom. The van der Waals surface area contributed by atoms with Crippen LogP contribution in [-0.4, -0.2) is 30.8 Å². The maximum absolute atomic E-state index is 11.5. The summed E-state index contributed by atoms with van der Waals surface area (Å²) < 4.78 is 0. The predicted octanol–water partition coefficient (Wildman–Crippen LogP) is 3.11. The SMILES string of the molecule is CC(C)C1CCN(CC2(C=O)CCCCC2)C1. The second-order valence-corrected chi connectivity index (χ2v) is 6.57. The number of aldehydes is 1. The fourth-order valence-corrected chi connectivity index (χ4v) is 3.56. The van der Waals surface area contributed by atoms with E-state index in [0.717, 1.165) is 31.2 Å². The van der Waals surface area contributed by atoms with E-state index in [2.05, 4.69) is 18.7 Å². The van der Waals surface area contributed by atoms with E-state index in [9.17, 15) is 4.79 Å². The number of rotatable bonds is 4. The van der Waals surface area contributed by atoms with Gasteiger partial charge in [0.05, 0.1) is 0 Å². The molecule has 98 valence electrons. The first-order valence-corrected chi connectivity index (χ1v) is 7.34. The Labute approximate surface area is 106 Å². The van der Waals surface area contributed by atoms with Crippen LogP contribution in [0.4, 0.5) is 0 Å². The fraction of sp³-hybridized carbons (Fsp3) is 0.933. The van der Waals surface area contributed by atoms with Gasteiger partial charge in [-0.3, -0.25) is 0 Å². The molecule has 0 amide bonds. The summed E-state index contributed by atoms with van der Waals surface area (Å²) in [6, 6.07) is 0. The van der Waals surface area contributed by atoms with Crippen LogP contribution in [0.5, 0.6) is 0 Å². The highest BCUT2D eigenvalue weighted by Crippen LogP contribution is 2.36. The van der Waals surface area contributed by atoms with Crippen LogP contribution in [0.25, 0.3) is 0 Å². The summed E-state index contributed by atoms with van der Waals surface area (Å²) in [5.41, 5.74) is 0.00409. The Morgan fingerprint density at radius 2 is 2.00 bits per heavy atom. The largest absolute Gasteiger partial charge is 0.303 e. The van der Waals surface area contributed by atoms with Crippen LogP contribution in [0, 0.1) is 17.3 Å². The summed E-state index contributed by atoms with van der Waals surface area (Å²) in [6.45, 7) is 8.10. The molecule has 2 fully saturated rings. The molecular formula is C15H27NO. The molecule has 0 aromatic heterocycles. The molecule has 2 heteroatoms. The molecule has 2 aliphatic rings. The van der Waals surface area contributed by atoms with Crippen LogP contribution < -0.4 is 0 Å². The predicted molar refractivity (Wildman–Crippen MR) is 71.0 cm³/mol. The molecule has 0 aromatic carbocycles. The average Bonchev–Trinajstić information content (AvgIpc) is 2.79. The van der Waals surface area contributed by atoms with Gasteiger partial charge in [0, 0.05) is 18.5 Å². The lowest BCUT2D eigenvalue weighted by Crippen LogP contribution is -2.39. The third kappa shape index (κ3) is 3.09. The van der Waals surface area contributed by atoms with Gasteiger partial charge >= 0.3 is 0 Å². The van der Waals surface area contributed by atoms with Gasteiger partial charge in [-0.2, -0.15) is 0 Å². The smallest absolute Gasteiger partial charge is 0.127 e. The summed E-state index contributed by atoms with van der Waals surface area (Å²) in [5, 5.41) is 0. The van der Waals surface area contributed by atoms with Crippen molar-refractivity contribution in [1.82, 2.24) is 4.90 Å². The lowest BCUT2D eigenvalue weighted by molar-refractivity contribution is -0.119. The van der Waals surface area contributed by atoms with E-state index in [1.165, 1.54) is 45.1 Å². The van der Waals surface area contributed by atoms with Gasteiger partial charge in [-0.25, -0.2) is 0 Å². The number of hydrogen-bond acceptors (Lipinski definition) is 2. The van der Waals surface area contributed by atoms with Gasteiger partial charge in [-0.15, -0.1) is 0 Å². The van der Waals surface area contributed by atoms with Gasteiger partial charge in [0.15, 0.2) is 0 Å². The molecule has 1 saturated carbocycles. The third-order valence-corrected chi connectivity index (χ3v) is 4.89. The molecule has 0 aromatic rings. The van der Waals surface area contributed by atoms with E-state index in [1.54, 1.807) is 0 Å². The summed E-state index contributed by atoms with van der Waals surface area (Å²) in [7, 11) is 0. The Balaban J connectivity index is 1.89. The molecule has 1 aliphatic heterocycles. The van der Waals surface area contributed by atoms with Crippen molar-refractivity contribution in [2.75, 3.05) is 19.6 Å². The highest BCUT2D eigenvalue weighted by atomic mass is 16.1. The topological polar surface area (TPSA) is 20.3 Å². The quantitative estimate of drug-likeness (QED) is 0.700. The third-order valence-electron chi connectivity index (χ3n) is 4.89. The van der Waals surface area contributed by atoms with Crippen molar-refractivity contribution >= 4 is 6.29 Å². The monoisotopic (exact) mass is 237 g/mol. The van der Waals surface area contributed by atoms with Gasteiger partial charge in [-0.05, 0) is 37.6 Å². The van der Waals surface area contributed by atoms with Crippen LogP contribution in [0.3, 0.4) is 0 Å². The zero-order valence-corrected chi connectivity index (χ0v) is 11.5. The normalized spacial score (nSPS) is 29.7. The summed E-state index contributed by atoms with van der Waals surface area (Å²) in [5.74, 6) is 1.64. The van der Waals surface area contributed by atoms with E-state index in [1.807, 2.05) is 0 Å². The molecule has 0 radical (unpaired) electrons. The maximum Gasteiger partial charge on any atom is 0.127 e. The highest BCUT2D eigenvalue weighted by Gasteiger charge is 2.36. The molecule has 1 saturated heterocycles. The highest BCUT2D eigenvalue weighted by molar-refractivity contribution is 5.60. The molecule has 2 nitrogen and oxygen atoms in total. The van der Waals surface area contributed by atoms with E-state index in [4.69, 9.17) is 0 Å². The molecule has 1 heterocycles. The number of nitrogens with zero attached hydrogens (tertiary/aromatic N) is 1. The first-order valence-electron chi connectivity index (χ1n) is 7.34. The molecule has 1 aliphatic carbocycles. The summed E-state index contributed by atoms with van der Waals surface area (Å²) in [4.78, 5) is 14.0. The van der Waals surface area contributed by atoms with Crippen LogP contribution in [0.2, 0.25) is 0 Å². The maximum atomic E-state index is 11.5. The van der Waals surface area contributed by atoms with E-state index in [0.29, 0.717) is 0 Å². The van der Waals surface area contributed by atoms with E-state index < -0.39 is 0 Å². The van der Waals surface area contributed by atoms with Gasteiger partial charge in [0.1, 0.15) is 6.29 Å². The van der Waals surface area contributed by atoms with Gasteiger partial charge < -0.3 is 9.69 Å². The minimum Gasteiger partial charge on any atom is -0.303 e. The molecule has 0 N–H and O–H groups in total. The molecule has 0 bridgehead atoms. The second kappa shape index (κ2) is 5.51. The summed E-state index contributed by atoms with van der Waals surface area (Å²) in [6.07, 6.45) is 8.67. The van der Waals surface area contributed by atoms with Crippen molar-refractivity contribution < 1.29 is 4.79 Å². The second-order valence-electron chi connectivity index (χ2n) is 6.57. The number of likely N-dealkylation sites (tertiary alicyclic amines) is 1. The fourth-order valence-electron chi connectivity index (χ4n) is 3.56. The van der Waals surface area contributed by atoms with Crippen molar-refractivity contribution in [3.05, 3.63) is 0 Å². The molecule has 2 rings (SSSR count). The van der Waals surface area contributed by atoms with Crippen molar-refractivity contribution in [1.29, 1.82) is 0 Å². The minimum absolute atomic E-state index is 0.00409. The Morgan fingerprint density at radius 3 is 2.53 bits per heavy atom. The molecule has 1 atom stereocenters. The van der Waals surface area contributed by atoms with E-state index >= 15 is 0 Å². The van der Waals surface area contributed by atoms with Gasteiger partial charge in [-0.1, -0.05) is 33.1 Å². The van der Waals surface area contributed by atoms with Crippen molar-refractivity contribution in [2.24, 2.45) is 17.3 Å². The zero-order valence-electron chi connectivity index (χ0n) is 11.5. The average molecular weight is 237 g/mol. The molecule has 1 unspecified atom stereocenters. The molecule has 17 heavy (non-hydrogen) atoms. The van der Waals surface area contributed by atoms with Crippen LogP contribution in [0.1, 0.15) is 52.4 Å². The minimum atomic E-state index is 0.00409. The Hall–Kier alpha value is -0.370. The van der Waals surface area contributed by atoms with Crippen molar-refractivity contribution in [3.63, 3.8) is 0 Å².